The van der Waals surface area contributed by atoms with E-state index in [1.807, 2.05) is 0 Å². The summed E-state index contributed by atoms with van der Waals surface area (Å²) in [6.07, 6.45) is -0.246. The molecule has 0 saturated heterocycles. The molecule has 25 heavy (non-hydrogen) atoms. The zero-order chi connectivity index (χ0) is 19.2. The Bertz CT molecular complexity index is 721. The summed E-state index contributed by atoms with van der Waals surface area (Å²) in [5.74, 6) is -2.92. The third-order valence-electron chi connectivity index (χ3n) is 3.63. The van der Waals surface area contributed by atoms with Crippen molar-refractivity contribution in [3.05, 3.63) is 30.1 Å². The molecule has 9 heteroatoms. The second-order valence-electron chi connectivity index (χ2n) is 5.84. The van der Waals surface area contributed by atoms with Crippen LogP contribution in [0.25, 0.3) is 0 Å². The maximum atomic E-state index is 13.8. The van der Waals surface area contributed by atoms with Gasteiger partial charge in [0.15, 0.2) is 0 Å². The Hall–Kier alpha value is -2.00. The number of sulfonamides is 1. The molecule has 140 valence electrons. The van der Waals surface area contributed by atoms with E-state index < -0.39 is 44.6 Å². The van der Waals surface area contributed by atoms with Crippen LogP contribution in [-0.2, 0) is 19.6 Å². The zero-order valence-corrected chi connectivity index (χ0v) is 15.2. The summed E-state index contributed by atoms with van der Waals surface area (Å²) in [6, 6.07) is 3.76. The van der Waals surface area contributed by atoms with Crippen molar-refractivity contribution < 1.29 is 27.5 Å². The molecule has 0 bridgehead atoms. The monoisotopic (exact) mass is 374 g/mol. The molecular formula is C16H23FN2O5S. The number of carbonyl (C=O) groups is 2. The average Bonchev–Trinajstić information content (AvgIpc) is 2.52. The minimum absolute atomic E-state index is 0.0324. The second kappa shape index (κ2) is 8.91. The highest BCUT2D eigenvalue weighted by Gasteiger charge is 2.32. The predicted molar refractivity (Wildman–Crippen MR) is 89.9 cm³/mol. The van der Waals surface area contributed by atoms with Gasteiger partial charge in [-0.25, -0.2) is 12.8 Å². The van der Waals surface area contributed by atoms with Crippen molar-refractivity contribution in [2.75, 3.05) is 13.1 Å². The minimum Gasteiger partial charge on any atom is -0.481 e. The van der Waals surface area contributed by atoms with Crippen molar-refractivity contribution in [1.82, 2.24) is 9.62 Å². The largest absolute Gasteiger partial charge is 0.481 e. The molecule has 7 nitrogen and oxygen atoms in total. The summed E-state index contributed by atoms with van der Waals surface area (Å²) >= 11 is 0. The Labute approximate surface area is 146 Å². The van der Waals surface area contributed by atoms with Gasteiger partial charge >= 0.3 is 5.97 Å². The summed E-state index contributed by atoms with van der Waals surface area (Å²) in [7, 11) is -4.24. The van der Waals surface area contributed by atoms with Crippen LogP contribution in [0.15, 0.2) is 29.2 Å². The fourth-order valence-corrected chi connectivity index (χ4v) is 3.63. The number of rotatable bonds is 9. The van der Waals surface area contributed by atoms with Crippen LogP contribution in [0.4, 0.5) is 4.39 Å². The van der Waals surface area contributed by atoms with Gasteiger partial charge in [0.2, 0.25) is 15.9 Å². The Morgan fingerprint density at radius 2 is 1.88 bits per heavy atom. The summed E-state index contributed by atoms with van der Waals surface area (Å²) < 4.78 is 40.9. The lowest BCUT2D eigenvalue weighted by atomic mass is 10.0. The molecule has 0 aromatic heterocycles. The maximum absolute atomic E-state index is 13.8. The highest BCUT2D eigenvalue weighted by molar-refractivity contribution is 7.89. The molecule has 0 aliphatic rings. The summed E-state index contributed by atoms with van der Waals surface area (Å²) in [5.41, 5.74) is 0. The molecule has 0 saturated carbocycles. The van der Waals surface area contributed by atoms with Crippen LogP contribution in [0, 0.1) is 11.7 Å². The second-order valence-corrected chi connectivity index (χ2v) is 7.52. The number of nitrogens with zero attached hydrogens (tertiary/aromatic N) is 1. The Morgan fingerprint density at radius 1 is 1.28 bits per heavy atom. The molecule has 0 heterocycles. The van der Waals surface area contributed by atoms with E-state index in [0.717, 1.165) is 12.1 Å². The normalized spacial score (nSPS) is 12.8. The number of halogens is 1. The van der Waals surface area contributed by atoms with Gasteiger partial charge in [0.25, 0.3) is 0 Å². The number of carbonyl (C=O) groups excluding carboxylic acids is 1. The number of carboxylic acids is 1. The SMILES string of the molecule is CCN(CCC(=O)O)C(=O)C(NS(=O)(=O)c1ccccc1F)C(C)C. The first-order chi connectivity index (χ1) is 11.6. The lowest BCUT2D eigenvalue weighted by Crippen LogP contribution is -2.51. The van der Waals surface area contributed by atoms with Crippen LogP contribution in [0.2, 0.25) is 0 Å². The van der Waals surface area contributed by atoms with E-state index >= 15 is 0 Å². The minimum atomic E-state index is -4.24. The van der Waals surface area contributed by atoms with Crippen LogP contribution < -0.4 is 4.72 Å². The van der Waals surface area contributed by atoms with Crippen molar-refractivity contribution in [3.8, 4) is 0 Å². The van der Waals surface area contributed by atoms with Gasteiger partial charge in [-0.2, -0.15) is 4.72 Å². The zero-order valence-electron chi connectivity index (χ0n) is 14.4. The summed E-state index contributed by atoms with van der Waals surface area (Å²) in [5, 5.41) is 8.76. The third-order valence-corrected chi connectivity index (χ3v) is 5.10. The first-order valence-electron chi connectivity index (χ1n) is 7.87. The molecule has 0 aliphatic heterocycles. The van der Waals surface area contributed by atoms with Crippen LogP contribution in [0.1, 0.15) is 27.2 Å². The summed E-state index contributed by atoms with van der Waals surface area (Å²) in [4.78, 5) is 24.1. The van der Waals surface area contributed by atoms with Crippen LogP contribution in [0.3, 0.4) is 0 Å². The van der Waals surface area contributed by atoms with Gasteiger partial charge in [-0.3, -0.25) is 9.59 Å². The predicted octanol–water partition coefficient (Wildman–Crippen LogP) is 1.45. The van der Waals surface area contributed by atoms with Crippen molar-refractivity contribution in [2.45, 2.75) is 38.1 Å². The topological polar surface area (TPSA) is 104 Å². The molecule has 0 radical (unpaired) electrons. The van der Waals surface area contributed by atoms with Crippen LogP contribution in [-0.4, -0.2) is 49.4 Å². The Balaban J connectivity index is 3.05. The van der Waals surface area contributed by atoms with E-state index in [9.17, 15) is 22.4 Å². The van der Waals surface area contributed by atoms with Gasteiger partial charge in [-0.05, 0) is 25.0 Å². The fraction of sp³-hybridized carbons (Fsp3) is 0.500. The highest BCUT2D eigenvalue weighted by Crippen LogP contribution is 2.16. The number of carboxylic acid groups (broad SMARTS) is 1. The highest BCUT2D eigenvalue weighted by atomic mass is 32.2. The molecule has 0 aliphatic carbocycles. The number of likely N-dealkylation sites (N-methyl/N-ethyl adjacent to an activating group) is 1. The number of aliphatic carboxylic acids is 1. The molecule has 1 unspecified atom stereocenters. The molecule has 0 spiro atoms. The number of hydrogen-bond acceptors (Lipinski definition) is 4. The fourth-order valence-electron chi connectivity index (χ4n) is 2.22. The number of nitrogens with one attached hydrogen (secondary N) is 1. The van der Waals surface area contributed by atoms with Gasteiger partial charge in [0.05, 0.1) is 6.42 Å². The molecule has 0 fully saturated rings. The lowest BCUT2D eigenvalue weighted by molar-refractivity contribution is -0.139. The van der Waals surface area contributed by atoms with Crippen molar-refractivity contribution in [3.63, 3.8) is 0 Å². The first kappa shape index (κ1) is 21.0. The van der Waals surface area contributed by atoms with Crippen LogP contribution >= 0.6 is 0 Å². The van der Waals surface area contributed by atoms with Crippen molar-refractivity contribution in [2.24, 2.45) is 5.92 Å². The van der Waals surface area contributed by atoms with Gasteiger partial charge in [0, 0.05) is 13.1 Å². The molecule has 1 aromatic carbocycles. The number of benzene rings is 1. The molecule has 1 amide bonds. The van der Waals surface area contributed by atoms with Gasteiger partial charge in [-0.15, -0.1) is 0 Å². The number of amides is 1. The molecule has 2 N–H and O–H groups in total. The van der Waals surface area contributed by atoms with E-state index in [2.05, 4.69) is 4.72 Å². The third kappa shape index (κ3) is 5.79. The van der Waals surface area contributed by atoms with Crippen LogP contribution in [0.5, 0.6) is 0 Å². The molecule has 1 rings (SSSR count). The Morgan fingerprint density at radius 3 is 2.36 bits per heavy atom. The lowest BCUT2D eigenvalue weighted by Gasteiger charge is -2.28. The van der Waals surface area contributed by atoms with Gasteiger partial charge in [-0.1, -0.05) is 26.0 Å². The average molecular weight is 374 g/mol. The summed E-state index contributed by atoms with van der Waals surface area (Å²) in [6.45, 7) is 5.17. The quantitative estimate of drug-likeness (QED) is 0.681. The van der Waals surface area contributed by atoms with Crippen molar-refractivity contribution >= 4 is 21.9 Å². The van der Waals surface area contributed by atoms with Crippen molar-refractivity contribution in [1.29, 1.82) is 0 Å². The van der Waals surface area contributed by atoms with E-state index in [0.29, 0.717) is 0 Å². The molecular weight excluding hydrogens is 351 g/mol. The van der Waals surface area contributed by atoms with Gasteiger partial charge in [0.1, 0.15) is 16.8 Å². The Kier molecular flexibility index (Phi) is 7.50. The molecule has 1 atom stereocenters. The maximum Gasteiger partial charge on any atom is 0.305 e. The smallest absolute Gasteiger partial charge is 0.305 e. The standard InChI is InChI=1S/C16H23FN2O5S/c1-4-19(10-9-14(20)21)16(22)15(11(2)3)18-25(23,24)13-8-6-5-7-12(13)17/h5-8,11,15,18H,4,9-10H2,1-3H3,(H,20,21). The van der Waals surface area contributed by atoms with E-state index in [-0.39, 0.29) is 19.5 Å². The van der Waals surface area contributed by atoms with E-state index in [1.165, 1.54) is 17.0 Å². The van der Waals surface area contributed by atoms with E-state index in [1.54, 1.807) is 20.8 Å². The van der Waals surface area contributed by atoms with Gasteiger partial charge < -0.3 is 10.0 Å². The number of hydrogen-bond donors (Lipinski definition) is 2. The van der Waals surface area contributed by atoms with E-state index in [4.69, 9.17) is 5.11 Å². The first-order valence-corrected chi connectivity index (χ1v) is 9.36. The molecule has 1 aromatic rings.